The molecule has 1 unspecified atom stereocenters. The van der Waals surface area contributed by atoms with Crippen molar-refractivity contribution in [1.82, 2.24) is 10.2 Å². The van der Waals surface area contributed by atoms with Crippen molar-refractivity contribution in [3.05, 3.63) is 35.4 Å². The van der Waals surface area contributed by atoms with Crippen molar-refractivity contribution < 1.29 is 4.79 Å². The quantitative estimate of drug-likeness (QED) is 0.849. The van der Waals surface area contributed by atoms with E-state index in [1.54, 1.807) is 0 Å². The molecule has 0 spiro atoms. The smallest absolute Gasteiger partial charge is 0.317 e. The van der Waals surface area contributed by atoms with E-state index in [1.807, 2.05) is 18.7 Å². The maximum atomic E-state index is 11.8. The molecule has 1 aliphatic rings. The zero-order chi connectivity index (χ0) is 12.3. The molecular formula is C14H20N2O. The van der Waals surface area contributed by atoms with Gasteiger partial charge >= 0.3 is 6.03 Å². The minimum Gasteiger partial charge on any atom is -0.337 e. The van der Waals surface area contributed by atoms with Crippen LogP contribution in [-0.4, -0.2) is 30.6 Å². The number of nitrogens with one attached hydrogen (secondary N) is 1. The monoisotopic (exact) mass is 232 g/mol. The summed E-state index contributed by atoms with van der Waals surface area (Å²) in [6, 6.07) is 8.52. The summed E-state index contributed by atoms with van der Waals surface area (Å²) in [5, 5.41) is 3.01. The Bertz CT molecular complexity index is 399. The maximum Gasteiger partial charge on any atom is 0.317 e. The van der Waals surface area contributed by atoms with Gasteiger partial charge in [-0.1, -0.05) is 24.3 Å². The van der Waals surface area contributed by atoms with Crippen molar-refractivity contribution in [3.63, 3.8) is 0 Å². The first-order chi connectivity index (χ1) is 8.26. The Morgan fingerprint density at radius 1 is 1.35 bits per heavy atom. The number of nitrogens with zero attached hydrogens (tertiary/aromatic N) is 1. The van der Waals surface area contributed by atoms with Crippen LogP contribution in [0.1, 0.15) is 30.9 Å². The van der Waals surface area contributed by atoms with Gasteiger partial charge in [-0.25, -0.2) is 4.79 Å². The molecule has 1 aliphatic carbocycles. The van der Waals surface area contributed by atoms with E-state index in [-0.39, 0.29) is 6.03 Å². The molecule has 0 aromatic heterocycles. The lowest BCUT2D eigenvalue weighted by molar-refractivity contribution is 0.202. The molecule has 3 heteroatoms. The molecule has 2 rings (SSSR count). The zero-order valence-corrected chi connectivity index (χ0v) is 10.6. The van der Waals surface area contributed by atoms with Crippen LogP contribution in [0, 0.1) is 0 Å². The molecule has 1 N–H and O–H groups in total. The van der Waals surface area contributed by atoms with Gasteiger partial charge in [-0.05, 0) is 31.4 Å². The summed E-state index contributed by atoms with van der Waals surface area (Å²) in [4.78, 5) is 13.6. The molecule has 1 atom stereocenters. The van der Waals surface area contributed by atoms with Crippen LogP contribution in [0.3, 0.4) is 0 Å². The molecule has 2 amide bonds. The lowest BCUT2D eigenvalue weighted by Gasteiger charge is -2.31. The molecule has 0 radical (unpaired) electrons. The lowest BCUT2D eigenvalue weighted by Crippen LogP contribution is -2.42. The summed E-state index contributed by atoms with van der Waals surface area (Å²) >= 11 is 0. The highest BCUT2D eigenvalue weighted by atomic mass is 16.2. The van der Waals surface area contributed by atoms with E-state index >= 15 is 0 Å². The summed E-state index contributed by atoms with van der Waals surface area (Å²) in [5.74, 6) is 0.505. The first-order valence-corrected chi connectivity index (χ1v) is 6.36. The van der Waals surface area contributed by atoms with Gasteiger partial charge in [0.05, 0.1) is 0 Å². The van der Waals surface area contributed by atoms with E-state index in [4.69, 9.17) is 0 Å². The summed E-state index contributed by atoms with van der Waals surface area (Å²) in [5.41, 5.74) is 2.82. The van der Waals surface area contributed by atoms with Gasteiger partial charge in [0.25, 0.3) is 0 Å². The molecule has 17 heavy (non-hydrogen) atoms. The van der Waals surface area contributed by atoms with E-state index < -0.39 is 0 Å². The molecule has 1 aromatic carbocycles. The Morgan fingerprint density at radius 2 is 2.06 bits per heavy atom. The fraction of sp³-hybridized carbons (Fsp3) is 0.500. The highest BCUT2D eigenvalue weighted by Gasteiger charge is 2.25. The van der Waals surface area contributed by atoms with Crippen molar-refractivity contribution in [2.24, 2.45) is 0 Å². The van der Waals surface area contributed by atoms with E-state index in [0.717, 1.165) is 26.1 Å². The third kappa shape index (κ3) is 2.43. The van der Waals surface area contributed by atoms with E-state index in [2.05, 4.69) is 29.6 Å². The Balaban J connectivity index is 1.83. The largest absolute Gasteiger partial charge is 0.337 e. The molecule has 0 bridgehead atoms. The minimum absolute atomic E-state index is 0.0550. The Labute approximate surface area is 103 Å². The number of rotatable bonds is 4. The third-order valence-corrected chi connectivity index (χ3v) is 3.51. The summed E-state index contributed by atoms with van der Waals surface area (Å²) in [6.07, 6.45) is 1.09. The number of fused-ring (bicyclic) bond motifs is 1. The SMILES string of the molecule is CCN(CC)C(=O)NCC1Cc2ccccc21. The number of carbonyl (C=O) groups is 1. The first-order valence-electron chi connectivity index (χ1n) is 6.36. The predicted octanol–water partition coefficient (Wildman–Crippen LogP) is 2.38. The fourth-order valence-electron chi connectivity index (χ4n) is 2.38. The van der Waals surface area contributed by atoms with E-state index in [0.29, 0.717) is 5.92 Å². The van der Waals surface area contributed by atoms with Gasteiger partial charge in [0.1, 0.15) is 0 Å². The average Bonchev–Trinajstić information content (AvgIpc) is 2.32. The Hall–Kier alpha value is -1.51. The van der Waals surface area contributed by atoms with Gasteiger partial charge < -0.3 is 10.2 Å². The van der Waals surface area contributed by atoms with Crippen LogP contribution in [0.25, 0.3) is 0 Å². The molecule has 1 aromatic rings. The lowest BCUT2D eigenvalue weighted by atomic mass is 9.78. The predicted molar refractivity (Wildman–Crippen MR) is 69.2 cm³/mol. The average molecular weight is 232 g/mol. The minimum atomic E-state index is 0.0550. The number of hydrogen-bond donors (Lipinski definition) is 1. The molecule has 0 fully saturated rings. The van der Waals surface area contributed by atoms with Gasteiger partial charge in [0, 0.05) is 25.6 Å². The van der Waals surface area contributed by atoms with Gasteiger partial charge in [0.15, 0.2) is 0 Å². The number of hydrogen-bond acceptors (Lipinski definition) is 1. The molecule has 0 heterocycles. The van der Waals surface area contributed by atoms with Crippen LogP contribution in [0.5, 0.6) is 0 Å². The van der Waals surface area contributed by atoms with Crippen molar-refractivity contribution in [2.45, 2.75) is 26.2 Å². The van der Waals surface area contributed by atoms with Crippen LogP contribution in [0.2, 0.25) is 0 Å². The van der Waals surface area contributed by atoms with Crippen molar-refractivity contribution in [2.75, 3.05) is 19.6 Å². The molecule has 0 saturated carbocycles. The highest BCUT2D eigenvalue weighted by molar-refractivity contribution is 5.74. The molecular weight excluding hydrogens is 212 g/mol. The standard InChI is InChI=1S/C14H20N2O/c1-3-16(4-2)14(17)15-10-12-9-11-7-5-6-8-13(11)12/h5-8,12H,3-4,9-10H2,1-2H3,(H,15,17). The van der Waals surface area contributed by atoms with Crippen LogP contribution in [0.4, 0.5) is 4.79 Å². The Morgan fingerprint density at radius 3 is 2.71 bits per heavy atom. The third-order valence-electron chi connectivity index (χ3n) is 3.51. The Kier molecular flexibility index (Phi) is 3.67. The summed E-state index contributed by atoms with van der Waals surface area (Å²) in [7, 11) is 0. The fourth-order valence-corrected chi connectivity index (χ4v) is 2.38. The topological polar surface area (TPSA) is 32.3 Å². The van der Waals surface area contributed by atoms with Crippen molar-refractivity contribution >= 4 is 6.03 Å². The highest BCUT2D eigenvalue weighted by Crippen LogP contribution is 2.33. The zero-order valence-electron chi connectivity index (χ0n) is 10.6. The normalized spacial score (nSPS) is 16.9. The molecule has 0 aliphatic heterocycles. The molecule has 0 saturated heterocycles. The summed E-state index contributed by atoms with van der Waals surface area (Å²) in [6.45, 7) is 6.29. The van der Waals surface area contributed by atoms with Gasteiger partial charge in [0.2, 0.25) is 0 Å². The van der Waals surface area contributed by atoms with Gasteiger partial charge in [-0.2, -0.15) is 0 Å². The summed E-state index contributed by atoms with van der Waals surface area (Å²) < 4.78 is 0. The first kappa shape index (κ1) is 12.0. The van der Waals surface area contributed by atoms with Crippen LogP contribution >= 0.6 is 0 Å². The molecule has 3 nitrogen and oxygen atoms in total. The number of benzene rings is 1. The van der Waals surface area contributed by atoms with Gasteiger partial charge in [-0.15, -0.1) is 0 Å². The van der Waals surface area contributed by atoms with Crippen LogP contribution in [-0.2, 0) is 6.42 Å². The van der Waals surface area contributed by atoms with Crippen molar-refractivity contribution in [1.29, 1.82) is 0 Å². The number of amides is 2. The second-order valence-corrected chi connectivity index (χ2v) is 4.46. The van der Waals surface area contributed by atoms with Crippen molar-refractivity contribution in [3.8, 4) is 0 Å². The second kappa shape index (κ2) is 5.21. The maximum absolute atomic E-state index is 11.8. The van der Waals surface area contributed by atoms with E-state index in [9.17, 15) is 4.79 Å². The molecule has 92 valence electrons. The number of carbonyl (C=O) groups excluding carboxylic acids is 1. The van der Waals surface area contributed by atoms with Crippen LogP contribution in [0.15, 0.2) is 24.3 Å². The van der Waals surface area contributed by atoms with Gasteiger partial charge in [-0.3, -0.25) is 0 Å². The van der Waals surface area contributed by atoms with Crippen LogP contribution < -0.4 is 5.32 Å². The second-order valence-electron chi connectivity index (χ2n) is 4.46. The van der Waals surface area contributed by atoms with E-state index in [1.165, 1.54) is 11.1 Å². The number of urea groups is 1.